The summed E-state index contributed by atoms with van der Waals surface area (Å²) in [6.45, 7) is 0. The second-order valence-corrected chi connectivity index (χ2v) is 3.08. The van der Waals surface area contributed by atoms with Crippen molar-refractivity contribution in [3.63, 3.8) is 0 Å². The number of nitrogens with two attached hydrogens (primary N) is 1. The molecule has 2 aromatic rings. The molecule has 1 radical (unpaired) electrons. The lowest BCUT2D eigenvalue weighted by Gasteiger charge is -2.01. The molecule has 3 N–H and O–H groups in total. The molecule has 2 heteroatoms. The average molecular weight is 184 g/mol. The Morgan fingerprint density at radius 3 is 2.43 bits per heavy atom. The molecule has 0 atom stereocenters. The third-order valence-corrected chi connectivity index (χ3v) is 2.00. The predicted molar refractivity (Wildman–Crippen MR) is 56.8 cm³/mol. The van der Waals surface area contributed by atoms with E-state index in [1.165, 1.54) is 0 Å². The SMILES string of the molecule is Nc1cc[c]c(-c2ccc(O)cc2)c1. The Labute approximate surface area is 82.6 Å². The standard InChI is InChI=1S/C12H10NO/c13-11-3-1-2-10(8-11)9-4-6-12(14)7-5-9/h1,3-8,14H,13H2. The highest BCUT2D eigenvalue weighted by molar-refractivity contribution is 5.67. The Hall–Kier alpha value is -1.96. The maximum atomic E-state index is 9.12. The van der Waals surface area contributed by atoms with Crippen LogP contribution >= 0.6 is 0 Å². The zero-order valence-corrected chi connectivity index (χ0v) is 7.57. The fourth-order valence-electron chi connectivity index (χ4n) is 1.29. The summed E-state index contributed by atoms with van der Waals surface area (Å²) in [5, 5.41) is 9.12. The molecule has 69 valence electrons. The van der Waals surface area contributed by atoms with Crippen LogP contribution in [-0.2, 0) is 0 Å². The molecule has 0 heterocycles. The molecule has 0 saturated heterocycles. The molecule has 2 aromatic carbocycles. The number of hydrogen-bond acceptors (Lipinski definition) is 2. The van der Waals surface area contributed by atoms with Gasteiger partial charge in [0.05, 0.1) is 0 Å². The Bertz CT molecular complexity index is 434. The number of benzene rings is 2. The number of rotatable bonds is 1. The first kappa shape index (κ1) is 8.63. The highest BCUT2D eigenvalue weighted by atomic mass is 16.3. The maximum absolute atomic E-state index is 9.12. The van der Waals surface area contributed by atoms with Gasteiger partial charge in [-0.2, -0.15) is 0 Å². The molecular formula is C12H10NO. The minimum absolute atomic E-state index is 0.262. The van der Waals surface area contributed by atoms with Crippen LogP contribution < -0.4 is 5.73 Å². The van der Waals surface area contributed by atoms with Crippen LogP contribution in [0.3, 0.4) is 0 Å². The number of aromatic hydroxyl groups is 1. The van der Waals surface area contributed by atoms with E-state index >= 15 is 0 Å². The van der Waals surface area contributed by atoms with Crippen molar-refractivity contribution in [2.24, 2.45) is 0 Å². The average Bonchev–Trinajstić information content (AvgIpc) is 2.19. The van der Waals surface area contributed by atoms with Gasteiger partial charge in [0.2, 0.25) is 0 Å². The van der Waals surface area contributed by atoms with Crippen LogP contribution in [0.5, 0.6) is 5.75 Å². The van der Waals surface area contributed by atoms with Crippen molar-refractivity contribution < 1.29 is 5.11 Å². The largest absolute Gasteiger partial charge is 0.508 e. The van der Waals surface area contributed by atoms with Gasteiger partial charge in [0.1, 0.15) is 5.75 Å². The maximum Gasteiger partial charge on any atom is 0.115 e. The normalized spacial score (nSPS) is 10.0. The van der Waals surface area contributed by atoms with Gasteiger partial charge in [-0.3, -0.25) is 0 Å². The van der Waals surface area contributed by atoms with Crippen LogP contribution in [0.2, 0.25) is 0 Å². The van der Waals surface area contributed by atoms with Gasteiger partial charge in [-0.1, -0.05) is 18.2 Å². The highest BCUT2D eigenvalue weighted by Crippen LogP contribution is 2.22. The second-order valence-electron chi connectivity index (χ2n) is 3.08. The number of hydrogen-bond donors (Lipinski definition) is 2. The second kappa shape index (κ2) is 3.42. The predicted octanol–water partition coefficient (Wildman–Crippen LogP) is 2.44. The molecule has 0 aliphatic heterocycles. The van der Waals surface area contributed by atoms with Crippen LogP contribution in [0.15, 0.2) is 42.5 Å². The van der Waals surface area contributed by atoms with Crippen LogP contribution in [0, 0.1) is 6.07 Å². The summed E-state index contributed by atoms with van der Waals surface area (Å²) in [7, 11) is 0. The molecule has 0 aromatic heterocycles. The Balaban J connectivity index is 2.44. The van der Waals surface area contributed by atoms with Gasteiger partial charge in [0.15, 0.2) is 0 Å². The van der Waals surface area contributed by atoms with E-state index in [9.17, 15) is 0 Å². The quantitative estimate of drug-likeness (QED) is 0.668. The summed E-state index contributed by atoms with van der Waals surface area (Å²) in [5.74, 6) is 0.262. The number of nitrogen functional groups attached to an aromatic ring is 1. The van der Waals surface area contributed by atoms with Crippen molar-refractivity contribution >= 4 is 5.69 Å². The van der Waals surface area contributed by atoms with Gasteiger partial charge >= 0.3 is 0 Å². The third kappa shape index (κ3) is 1.69. The first-order chi connectivity index (χ1) is 6.75. The summed E-state index contributed by atoms with van der Waals surface area (Å²) in [4.78, 5) is 0. The van der Waals surface area contributed by atoms with Crippen molar-refractivity contribution in [2.75, 3.05) is 5.73 Å². The van der Waals surface area contributed by atoms with E-state index < -0.39 is 0 Å². The Morgan fingerprint density at radius 1 is 1.07 bits per heavy atom. The van der Waals surface area contributed by atoms with Crippen LogP contribution in [0.4, 0.5) is 5.69 Å². The Kier molecular flexibility index (Phi) is 2.11. The molecule has 14 heavy (non-hydrogen) atoms. The molecule has 0 spiro atoms. The summed E-state index contributed by atoms with van der Waals surface area (Å²) < 4.78 is 0. The molecule has 0 bridgehead atoms. The highest BCUT2D eigenvalue weighted by Gasteiger charge is 1.97. The third-order valence-electron chi connectivity index (χ3n) is 2.00. The van der Waals surface area contributed by atoms with Crippen LogP contribution in [0.25, 0.3) is 11.1 Å². The summed E-state index contributed by atoms with van der Waals surface area (Å²) >= 11 is 0. The van der Waals surface area contributed by atoms with E-state index in [0.29, 0.717) is 5.69 Å². The fraction of sp³-hybridized carbons (Fsp3) is 0. The lowest BCUT2D eigenvalue weighted by atomic mass is 10.1. The van der Waals surface area contributed by atoms with Crippen molar-refractivity contribution in [3.8, 4) is 16.9 Å². The fourth-order valence-corrected chi connectivity index (χ4v) is 1.29. The van der Waals surface area contributed by atoms with Gasteiger partial charge in [0, 0.05) is 5.69 Å². The molecule has 0 saturated carbocycles. The van der Waals surface area contributed by atoms with E-state index in [1.807, 2.05) is 18.2 Å². The monoisotopic (exact) mass is 184 g/mol. The summed E-state index contributed by atoms with van der Waals surface area (Å²) in [6.07, 6.45) is 0. The van der Waals surface area contributed by atoms with Gasteiger partial charge in [0.25, 0.3) is 0 Å². The zero-order chi connectivity index (χ0) is 9.97. The number of anilines is 1. The van der Waals surface area contributed by atoms with Crippen molar-refractivity contribution in [3.05, 3.63) is 48.5 Å². The van der Waals surface area contributed by atoms with Gasteiger partial charge in [-0.15, -0.1) is 0 Å². The molecule has 0 aliphatic rings. The lowest BCUT2D eigenvalue weighted by Crippen LogP contribution is -1.84. The first-order valence-corrected chi connectivity index (χ1v) is 4.32. The van der Waals surface area contributed by atoms with Gasteiger partial charge < -0.3 is 10.8 Å². The summed E-state index contributed by atoms with van der Waals surface area (Å²) in [6, 6.07) is 15.5. The zero-order valence-electron chi connectivity index (χ0n) is 7.57. The van der Waals surface area contributed by atoms with E-state index in [1.54, 1.807) is 24.3 Å². The number of phenols is 1. The summed E-state index contributed by atoms with van der Waals surface area (Å²) in [5.41, 5.74) is 8.30. The Morgan fingerprint density at radius 2 is 1.79 bits per heavy atom. The molecule has 0 unspecified atom stereocenters. The molecule has 0 amide bonds. The minimum atomic E-state index is 0.262. The first-order valence-electron chi connectivity index (χ1n) is 4.32. The van der Waals surface area contributed by atoms with Gasteiger partial charge in [-0.05, 0) is 41.5 Å². The number of phenolic OH excluding ortho intramolecular Hbond substituents is 1. The van der Waals surface area contributed by atoms with Crippen molar-refractivity contribution in [1.29, 1.82) is 0 Å². The molecule has 0 aliphatic carbocycles. The molecule has 2 nitrogen and oxygen atoms in total. The van der Waals surface area contributed by atoms with Gasteiger partial charge in [-0.25, -0.2) is 0 Å². The van der Waals surface area contributed by atoms with Crippen molar-refractivity contribution in [2.45, 2.75) is 0 Å². The topological polar surface area (TPSA) is 46.2 Å². The van der Waals surface area contributed by atoms with Crippen LogP contribution in [-0.4, -0.2) is 5.11 Å². The smallest absolute Gasteiger partial charge is 0.115 e. The molecule has 0 fully saturated rings. The van der Waals surface area contributed by atoms with E-state index in [2.05, 4.69) is 6.07 Å². The van der Waals surface area contributed by atoms with Crippen LogP contribution in [0.1, 0.15) is 0 Å². The molecular weight excluding hydrogens is 174 g/mol. The van der Waals surface area contributed by atoms with E-state index in [4.69, 9.17) is 10.8 Å². The van der Waals surface area contributed by atoms with Crippen molar-refractivity contribution in [1.82, 2.24) is 0 Å². The molecule has 2 rings (SSSR count). The lowest BCUT2D eigenvalue weighted by molar-refractivity contribution is 0.475. The van der Waals surface area contributed by atoms with E-state index in [-0.39, 0.29) is 5.75 Å². The van der Waals surface area contributed by atoms with E-state index in [0.717, 1.165) is 11.1 Å². The minimum Gasteiger partial charge on any atom is -0.508 e.